The van der Waals surface area contributed by atoms with E-state index in [1.165, 1.54) is 4.90 Å². The number of hydrogen-bond acceptors (Lipinski definition) is 3. The van der Waals surface area contributed by atoms with Gasteiger partial charge in [-0.15, -0.1) is 0 Å². The van der Waals surface area contributed by atoms with E-state index in [1.54, 1.807) is 38.2 Å². The van der Waals surface area contributed by atoms with Crippen molar-refractivity contribution < 1.29 is 14.7 Å². The van der Waals surface area contributed by atoms with Crippen molar-refractivity contribution in [3.8, 4) is 0 Å². The Morgan fingerprint density at radius 3 is 2.60 bits per heavy atom. The highest BCUT2D eigenvalue weighted by molar-refractivity contribution is 6.04. The summed E-state index contributed by atoms with van der Waals surface area (Å²) < 4.78 is 0. The molecular weight excluding hydrogens is 256 g/mol. The molecule has 5 heteroatoms. The van der Waals surface area contributed by atoms with Gasteiger partial charge in [-0.05, 0) is 18.1 Å². The zero-order chi connectivity index (χ0) is 15.1. The van der Waals surface area contributed by atoms with Crippen LogP contribution in [0.4, 0.5) is 5.69 Å². The fraction of sp³-hybridized carbons (Fsp3) is 0.467. The molecule has 1 aromatic carbocycles. The van der Waals surface area contributed by atoms with Crippen LogP contribution in [0.5, 0.6) is 0 Å². The Hall–Kier alpha value is -1.88. The average Bonchev–Trinajstić information content (AvgIpc) is 2.50. The van der Waals surface area contributed by atoms with Gasteiger partial charge in [-0.3, -0.25) is 9.59 Å². The predicted octanol–water partition coefficient (Wildman–Crippen LogP) is 1.42. The number of anilines is 1. The number of rotatable bonds is 6. The van der Waals surface area contributed by atoms with Gasteiger partial charge in [0.2, 0.25) is 5.91 Å². The van der Waals surface area contributed by atoms with Gasteiger partial charge in [0.1, 0.15) is 0 Å². The monoisotopic (exact) mass is 278 g/mol. The van der Waals surface area contributed by atoms with Crippen LogP contribution in [0, 0.1) is 5.92 Å². The highest BCUT2D eigenvalue weighted by Crippen LogP contribution is 2.19. The Morgan fingerprint density at radius 1 is 1.35 bits per heavy atom. The van der Waals surface area contributed by atoms with E-state index in [0.29, 0.717) is 24.2 Å². The molecule has 0 saturated heterocycles. The van der Waals surface area contributed by atoms with Gasteiger partial charge in [0.15, 0.2) is 0 Å². The minimum Gasteiger partial charge on any atom is -0.396 e. The molecule has 0 aromatic heterocycles. The number of aliphatic hydroxyl groups excluding tert-OH is 1. The molecule has 0 aliphatic carbocycles. The highest BCUT2D eigenvalue weighted by atomic mass is 16.3. The first-order chi connectivity index (χ1) is 9.51. The molecule has 1 unspecified atom stereocenters. The van der Waals surface area contributed by atoms with Gasteiger partial charge < -0.3 is 15.3 Å². The molecule has 0 radical (unpaired) electrons. The van der Waals surface area contributed by atoms with E-state index < -0.39 is 0 Å². The second-order valence-corrected chi connectivity index (χ2v) is 4.82. The van der Waals surface area contributed by atoms with Crippen molar-refractivity contribution in [1.82, 2.24) is 5.32 Å². The van der Waals surface area contributed by atoms with E-state index in [2.05, 4.69) is 5.32 Å². The van der Waals surface area contributed by atoms with E-state index in [1.807, 2.05) is 6.92 Å². The topological polar surface area (TPSA) is 69.6 Å². The maximum Gasteiger partial charge on any atom is 0.253 e. The van der Waals surface area contributed by atoms with E-state index in [9.17, 15) is 9.59 Å². The molecule has 2 amide bonds. The number of para-hydroxylation sites is 1. The van der Waals surface area contributed by atoms with Crippen molar-refractivity contribution in [2.75, 3.05) is 25.1 Å². The number of nitrogens with one attached hydrogen (secondary N) is 1. The zero-order valence-corrected chi connectivity index (χ0v) is 12.2. The Labute approximate surface area is 119 Å². The van der Waals surface area contributed by atoms with Gasteiger partial charge >= 0.3 is 0 Å². The fourth-order valence-electron chi connectivity index (χ4n) is 1.76. The third-order valence-electron chi connectivity index (χ3n) is 3.11. The first-order valence-electron chi connectivity index (χ1n) is 6.75. The van der Waals surface area contributed by atoms with E-state index in [4.69, 9.17) is 5.11 Å². The summed E-state index contributed by atoms with van der Waals surface area (Å²) in [6.07, 6.45) is 0.383. The van der Waals surface area contributed by atoms with Crippen LogP contribution in [0.15, 0.2) is 24.3 Å². The molecule has 20 heavy (non-hydrogen) atoms. The third kappa shape index (κ3) is 4.06. The second kappa shape index (κ2) is 7.65. The van der Waals surface area contributed by atoms with Crippen molar-refractivity contribution in [1.29, 1.82) is 0 Å². The van der Waals surface area contributed by atoms with Gasteiger partial charge in [0.05, 0.1) is 11.3 Å². The smallest absolute Gasteiger partial charge is 0.253 e. The summed E-state index contributed by atoms with van der Waals surface area (Å²) in [5.74, 6) is -0.285. The number of amides is 2. The van der Waals surface area contributed by atoms with Crippen LogP contribution in [0.2, 0.25) is 0 Å². The van der Waals surface area contributed by atoms with Crippen LogP contribution < -0.4 is 10.2 Å². The van der Waals surface area contributed by atoms with E-state index >= 15 is 0 Å². The van der Waals surface area contributed by atoms with Crippen LogP contribution in [-0.4, -0.2) is 37.1 Å². The van der Waals surface area contributed by atoms with Gasteiger partial charge in [0, 0.05) is 26.6 Å². The quantitative estimate of drug-likeness (QED) is 0.826. The summed E-state index contributed by atoms with van der Waals surface area (Å²) in [5, 5.41) is 11.7. The van der Waals surface area contributed by atoms with Crippen molar-refractivity contribution >= 4 is 17.5 Å². The van der Waals surface area contributed by atoms with E-state index in [0.717, 1.165) is 0 Å². The Morgan fingerprint density at radius 2 is 2.00 bits per heavy atom. The van der Waals surface area contributed by atoms with Crippen molar-refractivity contribution in [2.24, 2.45) is 5.92 Å². The van der Waals surface area contributed by atoms with Gasteiger partial charge in [0.25, 0.3) is 5.91 Å². The highest BCUT2D eigenvalue weighted by Gasteiger charge is 2.17. The van der Waals surface area contributed by atoms with Gasteiger partial charge in [-0.25, -0.2) is 0 Å². The number of carbonyl (C=O) groups is 2. The summed E-state index contributed by atoms with van der Waals surface area (Å²) in [4.78, 5) is 25.4. The second-order valence-electron chi connectivity index (χ2n) is 4.82. The van der Waals surface area contributed by atoms with Crippen LogP contribution in [0.25, 0.3) is 0 Å². The van der Waals surface area contributed by atoms with Crippen molar-refractivity contribution in [3.05, 3.63) is 29.8 Å². The molecule has 0 fully saturated rings. The van der Waals surface area contributed by atoms with Crippen LogP contribution in [0.3, 0.4) is 0 Å². The van der Waals surface area contributed by atoms with Gasteiger partial charge in [-0.1, -0.05) is 26.0 Å². The zero-order valence-electron chi connectivity index (χ0n) is 12.2. The number of hydrogen-bond donors (Lipinski definition) is 2. The lowest BCUT2D eigenvalue weighted by Crippen LogP contribution is -2.32. The molecule has 0 aliphatic heterocycles. The molecule has 0 spiro atoms. The normalized spacial score (nSPS) is 11.8. The summed E-state index contributed by atoms with van der Waals surface area (Å²) in [6, 6.07) is 6.99. The summed E-state index contributed by atoms with van der Waals surface area (Å²) in [6.45, 7) is 4.05. The molecule has 110 valence electrons. The summed E-state index contributed by atoms with van der Waals surface area (Å²) in [7, 11) is 1.66. The first kappa shape index (κ1) is 16.2. The minimum atomic E-state index is -0.239. The average molecular weight is 278 g/mol. The SMILES string of the molecule is CCC(=O)N(C)c1ccccc1C(=O)NCC(C)CO. The lowest BCUT2D eigenvalue weighted by Gasteiger charge is -2.20. The standard InChI is InChI=1S/C15H22N2O3/c1-4-14(19)17(3)13-8-6-5-7-12(13)15(20)16-9-11(2)10-18/h5-8,11,18H,4,9-10H2,1-3H3,(H,16,20). The lowest BCUT2D eigenvalue weighted by atomic mass is 10.1. The molecule has 1 aromatic rings. The lowest BCUT2D eigenvalue weighted by molar-refractivity contribution is -0.118. The molecule has 2 N–H and O–H groups in total. The Bertz CT molecular complexity index is 474. The molecule has 5 nitrogen and oxygen atoms in total. The first-order valence-corrected chi connectivity index (χ1v) is 6.75. The fourth-order valence-corrected chi connectivity index (χ4v) is 1.76. The number of carbonyl (C=O) groups excluding carboxylic acids is 2. The molecule has 0 saturated carbocycles. The van der Waals surface area contributed by atoms with Crippen molar-refractivity contribution in [3.63, 3.8) is 0 Å². The molecule has 0 aliphatic rings. The minimum absolute atomic E-state index is 0.00103. The number of nitrogens with zero attached hydrogens (tertiary/aromatic N) is 1. The van der Waals surface area contributed by atoms with E-state index in [-0.39, 0.29) is 24.3 Å². The van der Waals surface area contributed by atoms with Gasteiger partial charge in [-0.2, -0.15) is 0 Å². The largest absolute Gasteiger partial charge is 0.396 e. The molecule has 0 heterocycles. The summed E-state index contributed by atoms with van der Waals surface area (Å²) >= 11 is 0. The Kier molecular flexibility index (Phi) is 6.18. The van der Waals surface area contributed by atoms with Crippen LogP contribution in [-0.2, 0) is 4.79 Å². The summed E-state index contributed by atoms with van der Waals surface area (Å²) in [5.41, 5.74) is 1.05. The maximum atomic E-state index is 12.2. The van der Waals surface area contributed by atoms with Crippen LogP contribution >= 0.6 is 0 Å². The molecule has 1 atom stereocenters. The maximum absolute atomic E-state index is 12.2. The van der Waals surface area contributed by atoms with Crippen molar-refractivity contribution in [2.45, 2.75) is 20.3 Å². The van der Waals surface area contributed by atoms with Crippen LogP contribution in [0.1, 0.15) is 30.6 Å². The molecule has 1 rings (SSSR count). The molecule has 0 bridgehead atoms. The molecular formula is C15H22N2O3. The third-order valence-corrected chi connectivity index (χ3v) is 3.11. The number of aliphatic hydroxyl groups is 1. The predicted molar refractivity (Wildman–Crippen MR) is 78.7 cm³/mol. The number of benzene rings is 1. The Balaban J connectivity index is 2.89.